The van der Waals surface area contributed by atoms with E-state index >= 15 is 0 Å². The first-order chi connectivity index (χ1) is 23.8. The van der Waals surface area contributed by atoms with Crippen LogP contribution in [0, 0.1) is 0 Å². The molecule has 2 N–H and O–H groups in total. The van der Waals surface area contributed by atoms with Crippen LogP contribution < -0.4 is 8.92 Å². The molecule has 0 saturated heterocycles. The third-order valence-electron chi connectivity index (χ3n) is 7.99. The van der Waals surface area contributed by atoms with E-state index in [1.807, 2.05) is 49.1 Å². The Morgan fingerprint density at radius 1 is 0.479 bits per heavy atom. The van der Waals surface area contributed by atoms with Crippen molar-refractivity contribution < 1.29 is 0 Å². The average molecular weight is 751 g/mol. The second kappa shape index (κ2) is 13.8. The Morgan fingerprint density at radius 3 is 1.33 bits per heavy atom. The van der Waals surface area contributed by atoms with Crippen molar-refractivity contribution in [2.24, 2.45) is 9.98 Å². The standard InChI is InChI=1S/C40H28N6Se2/c1-3-11-37-33(9-1)35(39(45-37)27-7-5-21-41-23-27)25-43-29-13-17-31(18-14-29)47-48-32-19-15-30(16-20-32)44-26-36-34-10-2-4-12-38(34)46-40(36)28-8-6-22-42-24-28/h1-26,45-46H. The molecule has 4 aromatic heterocycles. The van der Waals surface area contributed by atoms with Crippen molar-refractivity contribution in [2.45, 2.75) is 0 Å². The normalized spacial score (nSPS) is 11.8. The first-order valence-electron chi connectivity index (χ1n) is 15.4. The van der Waals surface area contributed by atoms with Crippen LogP contribution >= 0.6 is 0 Å². The number of aromatic amines is 2. The van der Waals surface area contributed by atoms with Gasteiger partial charge in [0.05, 0.1) is 0 Å². The number of nitrogens with zero attached hydrogens (tertiary/aromatic N) is 4. The topological polar surface area (TPSA) is 82.1 Å². The van der Waals surface area contributed by atoms with Crippen molar-refractivity contribution in [1.29, 1.82) is 0 Å². The first kappa shape index (κ1) is 30.0. The van der Waals surface area contributed by atoms with Gasteiger partial charge in [-0.3, -0.25) is 0 Å². The van der Waals surface area contributed by atoms with Gasteiger partial charge in [-0.1, -0.05) is 0 Å². The molecular weight excluding hydrogens is 722 g/mol. The number of hydrogen-bond acceptors (Lipinski definition) is 4. The number of pyridine rings is 2. The molecule has 0 aliphatic heterocycles. The third kappa shape index (κ3) is 6.43. The minimum absolute atomic E-state index is 0.368. The predicted octanol–water partition coefficient (Wildman–Crippen LogP) is 7.55. The van der Waals surface area contributed by atoms with Gasteiger partial charge in [0.2, 0.25) is 0 Å². The monoisotopic (exact) mass is 752 g/mol. The molecule has 8 rings (SSSR count). The number of aromatic nitrogens is 4. The minimum atomic E-state index is 0.368. The summed E-state index contributed by atoms with van der Waals surface area (Å²) in [5.41, 5.74) is 10.3. The van der Waals surface area contributed by atoms with Gasteiger partial charge in [-0.2, -0.15) is 0 Å². The van der Waals surface area contributed by atoms with Gasteiger partial charge in [0.15, 0.2) is 0 Å². The van der Waals surface area contributed by atoms with Gasteiger partial charge in [0.25, 0.3) is 0 Å². The molecule has 0 unspecified atom stereocenters. The summed E-state index contributed by atoms with van der Waals surface area (Å²) < 4.78 is 2.74. The predicted molar refractivity (Wildman–Crippen MR) is 201 cm³/mol. The van der Waals surface area contributed by atoms with Crippen molar-refractivity contribution in [3.05, 3.63) is 157 Å². The summed E-state index contributed by atoms with van der Waals surface area (Å²) in [5.74, 6) is 0. The van der Waals surface area contributed by atoms with Crippen LogP contribution in [0.15, 0.2) is 156 Å². The molecular formula is C40H28N6Se2. The van der Waals surface area contributed by atoms with E-state index in [9.17, 15) is 0 Å². The molecule has 8 aromatic rings. The summed E-state index contributed by atoms with van der Waals surface area (Å²) in [6.45, 7) is 0. The molecule has 0 spiro atoms. The van der Waals surface area contributed by atoms with Crippen molar-refractivity contribution in [1.82, 2.24) is 19.9 Å². The Bertz CT molecular complexity index is 2210. The molecule has 0 fully saturated rings. The quantitative estimate of drug-likeness (QED) is 0.118. The van der Waals surface area contributed by atoms with Crippen LogP contribution in [-0.2, 0) is 0 Å². The van der Waals surface area contributed by atoms with E-state index in [1.54, 1.807) is 12.4 Å². The molecule has 8 heteroatoms. The van der Waals surface area contributed by atoms with Crippen molar-refractivity contribution in [2.75, 3.05) is 0 Å². The molecule has 230 valence electrons. The van der Waals surface area contributed by atoms with E-state index in [4.69, 9.17) is 9.98 Å². The van der Waals surface area contributed by atoms with E-state index in [0.29, 0.717) is 26.3 Å². The number of fused-ring (bicyclic) bond motifs is 2. The van der Waals surface area contributed by atoms with E-state index < -0.39 is 0 Å². The van der Waals surface area contributed by atoms with Crippen LogP contribution in [-0.4, -0.2) is 58.6 Å². The Kier molecular flexibility index (Phi) is 8.61. The van der Waals surface area contributed by atoms with E-state index in [-0.39, 0.29) is 0 Å². The zero-order chi connectivity index (χ0) is 32.1. The van der Waals surface area contributed by atoms with Crippen molar-refractivity contribution >= 4 is 80.8 Å². The summed E-state index contributed by atoms with van der Waals surface area (Å²) in [7, 11) is 0. The Morgan fingerprint density at radius 2 is 0.917 bits per heavy atom. The van der Waals surface area contributed by atoms with Crippen molar-refractivity contribution in [3.8, 4) is 22.5 Å². The maximum atomic E-state index is 4.86. The van der Waals surface area contributed by atoms with Crippen LogP contribution in [0.25, 0.3) is 44.3 Å². The molecule has 0 bridgehead atoms. The maximum absolute atomic E-state index is 4.86. The molecule has 4 aromatic carbocycles. The first-order valence-corrected chi connectivity index (χ1v) is 21.5. The molecule has 0 radical (unpaired) electrons. The zero-order valence-electron chi connectivity index (χ0n) is 25.6. The molecule has 0 amide bonds. The second-order valence-electron chi connectivity index (χ2n) is 11.1. The number of nitrogens with one attached hydrogen (secondary N) is 2. The van der Waals surface area contributed by atoms with Gasteiger partial charge in [-0.05, 0) is 0 Å². The summed E-state index contributed by atoms with van der Waals surface area (Å²) in [6, 6.07) is 42.0. The number of rotatable bonds is 9. The molecule has 6 nitrogen and oxygen atoms in total. The molecule has 0 atom stereocenters. The van der Waals surface area contributed by atoms with Crippen LogP contribution in [0.2, 0.25) is 0 Å². The fourth-order valence-electron chi connectivity index (χ4n) is 5.62. The summed E-state index contributed by atoms with van der Waals surface area (Å²) in [6.07, 6.45) is 11.3. The Hall–Kier alpha value is -5.36. The van der Waals surface area contributed by atoms with Gasteiger partial charge >= 0.3 is 290 Å². The van der Waals surface area contributed by atoms with Crippen LogP contribution in [0.3, 0.4) is 0 Å². The fraction of sp³-hybridized carbons (Fsp3) is 0. The molecule has 0 aliphatic carbocycles. The van der Waals surface area contributed by atoms with Gasteiger partial charge in [-0.25, -0.2) is 0 Å². The van der Waals surface area contributed by atoms with E-state index in [1.165, 1.54) is 8.92 Å². The number of H-pyrrole nitrogens is 2. The molecule has 4 heterocycles. The van der Waals surface area contributed by atoms with Gasteiger partial charge in [-0.15, -0.1) is 0 Å². The SMILES string of the molecule is C(=Nc1ccc([Se][Se]c2ccc(N=Cc3c(-c4cccnc4)[nH]c4ccccc34)cc2)cc1)c1c(-c2cccnc2)[nH]c2ccccc12. The molecule has 0 aliphatic rings. The van der Waals surface area contributed by atoms with Crippen LogP contribution in [0.4, 0.5) is 11.4 Å². The van der Waals surface area contributed by atoms with E-state index in [0.717, 1.165) is 66.8 Å². The summed E-state index contributed by atoms with van der Waals surface area (Å²) in [5, 5.41) is 2.29. The number of benzene rings is 4. The second-order valence-corrected chi connectivity index (χ2v) is 17.4. The third-order valence-corrected chi connectivity index (χ3v) is 15.2. The molecule has 48 heavy (non-hydrogen) atoms. The summed E-state index contributed by atoms with van der Waals surface area (Å²) in [4.78, 5) is 25.4. The average Bonchev–Trinajstić information content (AvgIpc) is 3.72. The van der Waals surface area contributed by atoms with Gasteiger partial charge in [0.1, 0.15) is 0 Å². The van der Waals surface area contributed by atoms with Gasteiger partial charge in [0, 0.05) is 0 Å². The van der Waals surface area contributed by atoms with E-state index in [2.05, 4.69) is 117 Å². The summed E-state index contributed by atoms with van der Waals surface area (Å²) >= 11 is 0.736. The van der Waals surface area contributed by atoms with Gasteiger partial charge < -0.3 is 0 Å². The van der Waals surface area contributed by atoms with Crippen LogP contribution in [0.5, 0.6) is 0 Å². The Balaban J connectivity index is 0.938. The molecule has 0 saturated carbocycles. The number of hydrogen-bond donors (Lipinski definition) is 2. The van der Waals surface area contributed by atoms with Crippen LogP contribution in [0.1, 0.15) is 11.1 Å². The Labute approximate surface area is 289 Å². The fourth-order valence-corrected chi connectivity index (χ4v) is 11.6. The zero-order valence-corrected chi connectivity index (χ0v) is 29.0. The number of aliphatic imine (C=N–C) groups is 2. The number of para-hydroxylation sites is 2. The van der Waals surface area contributed by atoms with Crippen molar-refractivity contribution in [3.63, 3.8) is 0 Å².